The van der Waals surface area contributed by atoms with Gasteiger partial charge in [-0.05, 0) is 49.9 Å². The van der Waals surface area contributed by atoms with Crippen molar-refractivity contribution in [2.45, 2.75) is 38.5 Å². The molecule has 2 rings (SSSR count). The fraction of sp³-hybridized carbons (Fsp3) is 0.450. The Bertz CT molecular complexity index is 910. The van der Waals surface area contributed by atoms with Gasteiger partial charge >= 0.3 is 11.9 Å². The van der Waals surface area contributed by atoms with Crippen LogP contribution in [0.1, 0.15) is 37.0 Å². The SMILES string of the molecule is O=C(O)CCCCN(CCCCS(=O)O)c1ccc(N=Nc2ncc(CC(=O)O)s2)cc1. The van der Waals surface area contributed by atoms with Gasteiger partial charge < -0.3 is 19.7 Å². The molecule has 2 aromatic rings. The first-order chi connectivity index (χ1) is 15.3. The second-order valence-corrected chi connectivity index (χ2v) is 9.11. The minimum Gasteiger partial charge on any atom is -0.481 e. The van der Waals surface area contributed by atoms with Crippen molar-refractivity contribution in [2.24, 2.45) is 10.2 Å². The third kappa shape index (κ3) is 10.1. The normalized spacial score (nSPS) is 12.2. The monoisotopic (exact) mass is 482 g/mol. The van der Waals surface area contributed by atoms with Crippen molar-refractivity contribution in [3.8, 4) is 0 Å². The van der Waals surface area contributed by atoms with Crippen LogP contribution in [0.4, 0.5) is 16.5 Å². The van der Waals surface area contributed by atoms with E-state index in [0.29, 0.717) is 41.6 Å². The average Bonchev–Trinajstić information content (AvgIpc) is 3.17. The molecule has 3 N–H and O–H groups in total. The zero-order valence-electron chi connectivity index (χ0n) is 17.4. The van der Waals surface area contributed by atoms with Gasteiger partial charge in [-0.3, -0.25) is 9.59 Å². The molecule has 12 heteroatoms. The third-order valence-corrected chi connectivity index (χ3v) is 5.92. The van der Waals surface area contributed by atoms with Gasteiger partial charge in [0.1, 0.15) is 0 Å². The molecular weight excluding hydrogens is 456 g/mol. The zero-order valence-corrected chi connectivity index (χ0v) is 19.1. The number of carbonyl (C=O) groups is 2. The van der Waals surface area contributed by atoms with E-state index >= 15 is 0 Å². The number of carboxylic acid groups (broad SMARTS) is 2. The average molecular weight is 483 g/mol. The largest absolute Gasteiger partial charge is 0.481 e. The first kappa shape index (κ1) is 25.6. The van der Waals surface area contributed by atoms with Crippen LogP contribution in [-0.2, 0) is 27.1 Å². The molecule has 10 nitrogen and oxygen atoms in total. The number of carboxylic acids is 2. The summed E-state index contributed by atoms with van der Waals surface area (Å²) >= 11 is -0.627. The molecule has 174 valence electrons. The number of nitrogens with zero attached hydrogens (tertiary/aromatic N) is 4. The maximum Gasteiger partial charge on any atom is 0.308 e. The first-order valence-corrected chi connectivity index (χ1v) is 12.1. The lowest BCUT2D eigenvalue weighted by Gasteiger charge is -2.25. The lowest BCUT2D eigenvalue weighted by atomic mass is 10.2. The third-order valence-electron chi connectivity index (χ3n) is 4.40. The lowest BCUT2D eigenvalue weighted by Crippen LogP contribution is -2.26. The van der Waals surface area contributed by atoms with Crippen LogP contribution in [0.2, 0.25) is 0 Å². The molecular formula is C20H26N4O6S2. The van der Waals surface area contributed by atoms with E-state index in [2.05, 4.69) is 20.1 Å². The van der Waals surface area contributed by atoms with Crippen LogP contribution in [0.25, 0.3) is 0 Å². The molecule has 0 saturated heterocycles. The summed E-state index contributed by atoms with van der Waals surface area (Å²) in [6, 6.07) is 7.40. The molecule has 0 saturated carbocycles. The molecule has 0 fully saturated rings. The molecule has 0 aliphatic carbocycles. The van der Waals surface area contributed by atoms with E-state index in [1.165, 1.54) is 17.5 Å². The molecule has 0 spiro atoms. The van der Waals surface area contributed by atoms with Crippen LogP contribution in [0.15, 0.2) is 40.7 Å². The fourth-order valence-electron chi connectivity index (χ4n) is 2.88. The first-order valence-electron chi connectivity index (χ1n) is 10.1. The standard InChI is InChI=1S/C20H26N4O6S2/c25-18(26)5-1-2-10-24(11-3-4-12-32(29)30)16-8-6-15(7-9-16)22-23-20-21-14-17(31-20)13-19(27)28/h6-9,14H,1-5,10-13H2,(H,25,26)(H,27,28)(H,29,30). The Hall–Kier alpha value is -2.70. The van der Waals surface area contributed by atoms with Crippen molar-refractivity contribution in [1.82, 2.24) is 4.98 Å². The molecule has 0 amide bonds. The maximum absolute atomic E-state index is 10.8. The Morgan fingerprint density at radius 2 is 1.69 bits per heavy atom. The Labute approximate surface area is 192 Å². The van der Waals surface area contributed by atoms with Crippen molar-refractivity contribution in [3.05, 3.63) is 35.3 Å². The van der Waals surface area contributed by atoms with E-state index in [4.69, 9.17) is 14.8 Å². The Morgan fingerprint density at radius 1 is 1.00 bits per heavy atom. The van der Waals surface area contributed by atoms with E-state index in [1.54, 1.807) is 12.1 Å². The molecule has 1 unspecified atom stereocenters. The van der Waals surface area contributed by atoms with E-state index in [0.717, 1.165) is 18.5 Å². The summed E-state index contributed by atoms with van der Waals surface area (Å²) in [4.78, 5) is 28.2. The number of azo groups is 1. The van der Waals surface area contributed by atoms with Crippen LogP contribution >= 0.6 is 11.3 Å². The highest BCUT2D eigenvalue weighted by Gasteiger charge is 2.09. The van der Waals surface area contributed by atoms with E-state index in [1.807, 2.05) is 12.1 Å². The van der Waals surface area contributed by atoms with Crippen molar-refractivity contribution in [3.63, 3.8) is 0 Å². The number of hydrogen-bond acceptors (Lipinski definition) is 8. The molecule has 32 heavy (non-hydrogen) atoms. The number of rotatable bonds is 15. The Balaban J connectivity index is 1.97. The van der Waals surface area contributed by atoms with Gasteiger partial charge in [-0.15, -0.1) is 10.2 Å². The second-order valence-electron chi connectivity index (χ2n) is 6.97. The second kappa shape index (κ2) is 13.7. The van der Waals surface area contributed by atoms with Gasteiger partial charge in [0.05, 0.1) is 12.1 Å². The summed E-state index contributed by atoms with van der Waals surface area (Å²) < 4.78 is 19.7. The highest BCUT2D eigenvalue weighted by Crippen LogP contribution is 2.26. The molecule has 0 aliphatic heterocycles. The van der Waals surface area contributed by atoms with Gasteiger partial charge in [0.15, 0.2) is 11.1 Å². The number of anilines is 1. The number of thiazole rings is 1. The Morgan fingerprint density at radius 3 is 2.31 bits per heavy atom. The van der Waals surface area contributed by atoms with Crippen molar-refractivity contribution >= 4 is 50.9 Å². The van der Waals surface area contributed by atoms with Gasteiger partial charge in [-0.2, -0.15) is 0 Å². The van der Waals surface area contributed by atoms with Crippen molar-refractivity contribution < 1.29 is 28.6 Å². The predicted octanol–water partition coefficient (Wildman–Crippen LogP) is 4.25. The number of unbranched alkanes of at least 4 members (excludes halogenated alkanes) is 2. The van der Waals surface area contributed by atoms with Crippen LogP contribution in [0.5, 0.6) is 0 Å². The highest BCUT2D eigenvalue weighted by atomic mass is 32.2. The number of hydrogen-bond donors (Lipinski definition) is 3. The van der Waals surface area contributed by atoms with Crippen LogP contribution in [0, 0.1) is 0 Å². The maximum atomic E-state index is 10.8. The van der Waals surface area contributed by atoms with Crippen LogP contribution in [-0.4, -0.2) is 54.7 Å². The number of aliphatic carboxylic acids is 2. The van der Waals surface area contributed by atoms with E-state index in [-0.39, 0.29) is 18.6 Å². The van der Waals surface area contributed by atoms with Gasteiger partial charge in [-0.1, -0.05) is 11.3 Å². The summed E-state index contributed by atoms with van der Waals surface area (Å²) in [5.41, 5.74) is 1.56. The van der Waals surface area contributed by atoms with Crippen LogP contribution in [0.3, 0.4) is 0 Å². The summed E-state index contributed by atoms with van der Waals surface area (Å²) in [7, 11) is 0. The lowest BCUT2D eigenvalue weighted by molar-refractivity contribution is -0.137. The predicted molar refractivity (Wildman–Crippen MR) is 123 cm³/mol. The molecule has 0 aliphatic rings. The zero-order chi connectivity index (χ0) is 23.3. The molecule has 1 heterocycles. The highest BCUT2D eigenvalue weighted by molar-refractivity contribution is 7.79. The quantitative estimate of drug-likeness (QED) is 0.193. The number of aromatic nitrogens is 1. The number of benzene rings is 1. The van der Waals surface area contributed by atoms with Gasteiger partial charge in [0.2, 0.25) is 5.13 Å². The molecule has 0 bridgehead atoms. The minimum absolute atomic E-state index is 0.0988. The van der Waals surface area contributed by atoms with E-state index in [9.17, 15) is 13.8 Å². The van der Waals surface area contributed by atoms with Crippen LogP contribution < -0.4 is 4.90 Å². The summed E-state index contributed by atoms with van der Waals surface area (Å²) in [5.74, 6) is -1.51. The van der Waals surface area contributed by atoms with Crippen molar-refractivity contribution in [2.75, 3.05) is 23.7 Å². The Kier molecular flexibility index (Phi) is 10.9. The smallest absolute Gasteiger partial charge is 0.308 e. The summed E-state index contributed by atoms with van der Waals surface area (Å²) in [5, 5.41) is 26.2. The van der Waals surface area contributed by atoms with Gasteiger partial charge in [-0.25, -0.2) is 9.19 Å². The van der Waals surface area contributed by atoms with Crippen molar-refractivity contribution in [1.29, 1.82) is 0 Å². The van der Waals surface area contributed by atoms with E-state index < -0.39 is 23.0 Å². The summed E-state index contributed by atoms with van der Waals surface area (Å²) in [6.07, 6.45) is 4.18. The molecule has 0 radical (unpaired) electrons. The minimum atomic E-state index is -1.80. The van der Waals surface area contributed by atoms with Gasteiger partial charge in [0, 0.05) is 42.0 Å². The molecule has 1 aromatic carbocycles. The summed E-state index contributed by atoms with van der Waals surface area (Å²) in [6.45, 7) is 1.37. The topological polar surface area (TPSA) is 153 Å². The van der Waals surface area contributed by atoms with Gasteiger partial charge in [0.25, 0.3) is 0 Å². The molecule has 1 aromatic heterocycles. The fourth-order valence-corrected chi connectivity index (χ4v) is 4.06. The molecule has 1 atom stereocenters.